The molecule has 1 atom stereocenters. The van der Waals surface area contributed by atoms with Crippen molar-refractivity contribution in [1.29, 1.82) is 0 Å². The molecule has 0 saturated carbocycles. The number of carbonyl (C=O) groups is 1. The van der Waals surface area contributed by atoms with Crippen LogP contribution in [0.1, 0.15) is 6.92 Å². The van der Waals surface area contributed by atoms with Crippen LogP contribution in [-0.2, 0) is 16.0 Å². The van der Waals surface area contributed by atoms with Gasteiger partial charge in [-0.2, -0.15) is 5.10 Å². The van der Waals surface area contributed by atoms with Crippen LogP contribution < -0.4 is 10.6 Å². The van der Waals surface area contributed by atoms with Crippen molar-refractivity contribution in [3.8, 4) is 0 Å². The molecular formula is C14H25N5O3. The van der Waals surface area contributed by atoms with Gasteiger partial charge in [-0.05, 0) is 6.92 Å². The summed E-state index contributed by atoms with van der Waals surface area (Å²) in [6, 6.07) is -0.145. The van der Waals surface area contributed by atoms with Gasteiger partial charge < -0.3 is 20.1 Å². The third kappa shape index (κ3) is 5.63. The highest BCUT2D eigenvalue weighted by molar-refractivity contribution is 5.89. The Hall–Kier alpha value is -1.64. The van der Waals surface area contributed by atoms with Crippen molar-refractivity contribution in [1.82, 2.24) is 20.0 Å². The number of ether oxygens (including phenoxy) is 2. The first kappa shape index (κ1) is 16.7. The van der Waals surface area contributed by atoms with Gasteiger partial charge in [0.05, 0.1) is 38.2 Å². The van der Waals surface area contributed by atoms with Crippen LogP contribution in [0.3, 0.4) is 0 Å². The molecule has 0 aliphatic carbocycles. The Kier molecular flexibility index (Phi) is 6.63. The van der Waals surface area contributed by atoms with E-state index in [9.17, 15) is 4.79 Å². The van der Waals surface area contributed by atoms with Crippen LogP contribution in [-0.4, -0.2) is 73.3 Å². The Balaban J connectivity index is 1.71. The lowest BCUT2D eigenvalue weighted by Gasteiger charge is -2.29. The van der Waals surface area contributed by atoms with Gasteiger partial charge in [0.25, 0.3) is 0 Å². The van der Waals surface area contributed by atoms with Gasteiger partial charge in [-0.1, -0.05) is 0 Å². The number of methoxy groups -OCH3 is 1. The maximum atomic E-state index is 12.0. The molecule has 0 spiro atoms. The van der Waals surface area contributed by atoms with E-state index < -0.39 is 0 Å². The highest BCUT2D eigenvalue weighted by atomic mass is 16.5. The van der Waals surface area contributed by atoms with Crippen LogP contribution in [0.5, 0.6) is 0 Å². The molecule has 0 aromatic carbocycles. The number of anilines is 1. The summed E-state index contributed by atoms with van der Waals surface area (Å²) in [6.07, 6.45) is 3.41. The normalized spacial score (nSPS) is 17.2. The summed E-state index contributed by atoms with van der Waals surface area (Å²) in [4.78, 5) is 14.2. The highest BCUT2D eigenvalue weighted by Gasteiger charge is 2.15. The Morgan fingerprint density at radius 2 is 2.27 bits per heavy atom. The zero-order valence-corrected chi connectivity index (χ0v) is 13.2. The fourth-order valence-electron chi connectivity index (χ4n) is 2.34. The maximum absolute atomic E-state index is 12.0. The maximum Gasteiger partial charge on any atom is 0.319 e. The molecule has 8 nitrogen and oxygen atoms in total. The van der Waals surface area contributed by atoms with E-state index >= 15 is 0 Å². The SMILES string of the molecule is COCCn1cc(NC(=O)N[C@@H](C)CN2CCOCC2)cn1. The van der Waals surface area contributed by atoms with Crippen LogP contribution in [0.25, 0.3) is 0 Å². The second kappa shape index (κ2) is 8.72. The molecule has 1 saturated heterocycles. The van der Waals surface area contributed by atoms with E-state index in [0.717, 1.165) is 32.8 Å². The van der Waals surface area contributed by atoms with E-state index in [-0.39, 0.29) is 12.1 Å². The molecule has 1 aromatic rings. The van der Waals surface area contributed by atoms with E-state index in [1.165, 1.54) is 0 Å². The number of aromatic nitrogens is 2. The van der Waals surface area contributed by atoms with Crippen molar-refractivity contribution in [2.75, 3.05) is 51.9 Å². The molecule has 22 heavy (non-hydrogen) atoms. The second-order valence-corrected chi connectivity index (χ2v) is 5.40. The van der Waals surface area contributed by atoms with Gasteiger partial charge in [0, 0.05) is 39.0 Å². The fourth-order valence-corrected chi connectivity index (χ4v) is 2.34. The zero-order chi connectivity index (χ0) is 15.8. The van der Waals surface area contributed by atoms with Gasteiger partial charge in [-0.15, -0.1) is 0 Å². The van der Waals surface area contributed by atoms with Crippen LogP contribution in [0.4, 0.5) is 10.5 Å². The van der Waals surface area contributed by atoms with E-state index in [1.54, 1.807) is 24.2 Å². The molecule has 8 heteroatoms. The van der Waals surface area contributed by atoms with Gasteiger partial charge >= 0.3 is 6.03 Å². The van der Waals surface area contributed by atoms with Gasteiger partial charge in [0.2, 0.25) is 0 Å². The van der Waals surface area contributed by atoms with Crippen molar-refractivity contribution in [3.05, 3.63) is 12.4 Å². The Morgan fingerprint density at radius 1 is 1.50 bits per heavy atom. The minimum Gasteiger partial charge on any atom is -0.383 e. The molecule has 0 unspecified atom stereocenters. The van der Waals surface area contributed by atoms with E-state index in [2.05, 4.69) is 20.6 Å². The van der Waals surface area contributed by atoms with Crippen LogP contribution in [0.15, 0.2) is 12.4 Å². The summed E-state index contributed by atoms with van der Waals surface area (Å²) in [5.74, 6) is 0. The fraction of sp³-hybridized carbons (Fsp3) is 0.714. The van der Waals surface area contributed by atoms with Crippen molar-refractivity contribution in [2.45, 2.75) is 19.5 Å². The predicted molar refractivity (Wildman–Crippen MR) is 83.0 cm³/mol. The average molecular weight is 311 g/mol. The molecular weight excluding hydrogens is 286 g/mol. The average Bonchev–Trinajstić information content (AvgIpc) is 2.93. The standard InChI is InChI=1S/C14H25N5O3/c1-12(10-18-3-7-22-8-4-18)16-14(20)17-13-9-15-19(11-13)5-6-21-2/h9,11-12H,3-8,10H2,1-2H3,(H2,16,17,20)/t12-/m0/s1. The third-order valence-corrected chi connectivity index (χ3v) is 3.43. The van der Waals surface area contributed by atoms with Crippen molar-refractivity contribution >= 4 is 11.7 Å². The largest absolute Gasteiger partial charge is 0.383 e. The number of rotatable bonds is 7. The lowest BCUT2D eigenvalue weighted by atomic mass is 10.3. The second-order valence-electron chi connectivity index (χ2n) is 5.40. The number of amides is 2. The molecule has 0 bridgehead atoms. The smallest absolute Gasteiger partial charge is 0.319 e. The Labute approximate surface area is 130 Å². The van der Waals surface area contributed by atoms with Gasteiger partial charge in [-0.3, -0.25) is 9.58 Å². The summed E-state index contributed by atoms with van der Waals surface area (Å²) in [5, 5.41) is 9.87. The number of hydrogen-bond donors (Lipinski definition) is 2. The minimum absolute atomic E-state index is 0.0710. The number of nitrogens with zero attached hydrogens (tertiary/aromatic N) is 3. The number of nitrogens with one attached hydrogen (secondary N) is 2. The summed E-state index contributed by atoms with van der Waals surface area (Å²) >= 11 is 0. The number of hydrogen-bond acceptors (Lipinski definition) is 5. The van der Waals surface area contributed by atoms with Crippen LogP contribution in [0, 0.1) is 0 Å². The first-order chi connectivity index (χ1) is 10.7. The quantitative estimate of drug-likeness (QED) is 0.760. The third-order valence-electron chi connectivity index (χ3n) is 3.43. The topological polar surface area (TPSA) is 80.7 Å². The van der Waals surface area contributed by atoms with E-state index in [4.69, 9.17) is 9.47 Å². The highest BCUT2D eigenvalue weighted by Crippen LogP contribution is 2.05. The van der Waals surface area contributed by atoms with E-state index in [0.29, 0.717) is 18.8 Å². The summed E-state index contributed by atoms with van der Waals surface area (Å²) < 4.78 is 12.0. The molecule has 0 radical (unpaired) electrons. The lowest BCUT2D eigenvalue weighted by molar-refractivity contribution is 0.0350. The number of carbonyl (C=O) groups excluding carboxylic acids is 1. The zero-order valence-electron chi connectivity index (χ0n) is 13.2. The molecule has 2 rings (SSSR count). The number of morpholine rings is 1. The molecule has 1 aromatic heterocycles. The summed E-state index contributed by atoms with van der Waals surface area (Å²) in [5.41, 5.74) is 0.673. The van der Waals surface area contributed by atoms with Crippen molar-refractivity contribution in [2.24, 2.45) is 0 Å². The molecule has 1 aliphatic rings. The number of urea groups is 1. The lowest BCUT2D eigenvalue weighted by Crippen LogP contribution is -2.47. The summed E-state index contributed by atoms with van der Waals surface area (Å²) in [7, 11) is 1.64. The van der Waals surface area contributed by atoms with Gasteiger partial charge in [0.1, 0.15) is 0 Å². The molecule has 124 valence electrons. The van der Waals surface area contributed by atoms with Gasteiger partial charge in [0.15, 0.2) is 0 Å². The molecule has 2 heterocycles. The Bertz CT molecular complexity index is 459. The Morgan fingerprint density at radius 3 is 3.00 bits per heavy atom. The van der Waals surface area contributed by atoms with Crippen molar-refractivity contribution < 1.29 is 14.3 Å². The van der Waals surface area contributed by atoms with E-state index in [1.807, 2.05) is 6.92 Å². The predicted octanol–water partition coefficient (Wildman–Crippen LogP) is 0.372. The van der Waals surface area contributed by atoms with Crippen LogP contribution >= 0.6 is 0 Å². The first-order valence-electron chi connectivity index (χ1n) is 7.56. The summed E-state index contributed by atoms with van der Waals surface area (Å²) in [6.45, 7) is 7.43. The molecule has 1 fully saturated rings. The molecule has 2 amide bonds. The van der Waals surface area contributed by atoms with Crippen LogP contribution in [0.2, 0.25) is 0 Å². The monoisotopic (exact) mass is 311 g/mol. The molecule has 2 N–H and O–H groups in total. The van der Waals surface area contributed by atoms with Crippen molar-refractivity contribution in [3.63, 3.8) is 0 Å². The minimum atomic E-state index is -0.216. The molecule has 1 aliphatic heterocycles. The first-order valence-corrected chi connectivity index (χ1v) is 7.56. The van der Waals surface area contributed by atoms with Gasteiger partial charge in [-0.25, -0.2) is 4.79 Å².